The standard InChI is InChI=1S/C26H28O4/c27-15-21-10-16(2-6-25(29)30)1-4-22(21)20-3-5-24(28)23(11-20)26-12-17-7-18(13-26)9-19(8-17)14-26/h1-6,10-11,17-19,27-28H,7-9,12-15H2,(H,29,30)/b6-2+. The van der Waals surface area contributed by atoms with Gasteiger partial charge in [0.2, 0.25) is 0 Å². The van der Waals surface area contributed by atoms with Gasteiger partial charge in [-0.3, -0.25) is 0 Å². The van der Waals surface area contributed by atoms with E-state index in [0.29, 0.717) is 5.75 Å². The van der Waals surface area contributed by atoms with Crippen LogP contribution in [0.2, 0.25) is 0 Å². The highest BCUT2D eigenvalue weighted by atomic mass is 16.4. The minimum absolute atomic E-state index is 0.0956. The summed E-state index contributed by atoms with van der Waals surface area (Å²) in [5, 5.41) is 29.6. The number of phenols is 1. The molecule has 4 bridgehead atoms. The molecule has 0 amide bonds. The lowest BCUT2D eigenvalue weighted by Gasteiger charge is -2.57. The van der Waals surface area contributed by atoms with E-state index < -0.39 is 5.97 Å². The molecule has 6 rings (SSSR count). The number of hydrogen-bond acceptors (Lipinski definition) is 3. The Kier molecular flexibility index (Phi) is 4.70. The van der Waals surface area contributed by atoms with Gasteiger partial charge in [-0.2, -0.15) is 0 Å². The second-order valence-electron chi connectivity index (χ2n) is 9.68. The SMILES string of the molecule is O=C(O)/C=C/c1ccc(-c2ccc(O)c(C34CC5CC(CC(C5)C3)C4)c2)c(CO)c1. The van der Waals surface area contributed by atoms with Gasteiger partial charge in [0, 0.05) is 11.6 Å². The monoisotopic (exact) mass is 404 g/mol. The van der Waals surface area contributed by atoms with Gasteiger partial charge in [0.25, 0.3) is 0 Å². The fourth-order valence-corrected chi connectivity index (χ4v) is 6.87. The Hall–Kier alpha value is -2.59. The molecule has 0 aliphatic heterocycles. The number of aliphatic carboxylic acids is 1. The van der Waals surface area contributed by atoms with E-state index in [9.17, 15) is 15.0 Å². The van der Waals surface area contributed by atoms with Crippen LogP contribution in [0.1, 0.15) is 55.2 Å². The molecule has 4 fully saturated rings. The van der Waals surface area contributed by atoms with Crippen LogP contribution in [0.15, 0.2) is 42.5 Å². The van der Waals surface area contributed by atoms with Crippen LogP contribution in [0.5, 0.6) is 5.75 Å². The van der Waals surface area contributed by atoms with Crippen molar-refractivity contribution in [3.05, 3.63) is 59.2 Å². The Morgan fingerprint density at radius 2 is 1.67 bits per heavy atom. The maximum absolute atomic E-state index is 10.8. The molecule has 0 heterocycles. The molecule has 4 aliphatic carbocycles. The number of carboxylic acids is 1. The summed E-state index contributed by atoms with van der Waals surface area (Å²) in [7, 11) is 0. The van der Waals surface area contributed by atoms with Crippen LogP contribution in [0.25, 0.3) is 17.2 Å². The summed E-state index contributed by atoms with van der Waals surface area (Å²) < 4.78 is 0. The van der Waals surface area contributed by atoms with E-state index in [1.807, 2.05) is 30.3 Å². The second kappa shape index (κ2) is 7.28. The quantitative estimate of drug-likeness (QED) is 0.605. The molecular formula is C26H28O4. The fourth-order valence-electron chi connectivity index (χ4n) is 6.87. The summed E-state index contributed by atoms with van der Waals surface area (Å²) >= 11 is 0. The van der Waals surface area contributed by atoms with Crippen molar-refractivity contribution in [3.63, 3.8) is 0 Å². The van der Waals surface area contributed by atoms with Crippen molar-refractivity contribution in [1.29, 1.82) is 0 Å². The van der Waals surface area contributed by atoms with Crippen LogP contribution < -0.4 is 0 Å². The molecule has 30 heavy (non-hydrogen) atoms. The zero-order chi connectivity index (χ0) is 20.9. The fraction of sp³-hybridized carbons (Fsp3) is 0.423. The summed E-state index contributed by atoms with van der Waals surface area (Å²) in [5.41, 5.74) is 4.60. The number of carboxylic acid groups (broad SMARTS) is 1. The first kappa shape index (κ1) is 19.4. The highest BCUT2D eigenvalue weighted by molar-refractivity contribution is 5.85. The summed E-state index contributed by atoms with van der Waals surface area (Å²) in [6, 6.07) is 11.5. The Morgan fingerprint density at radius 1 is 1.00 bits per heavy atom. The molecule has 0 saturated heterocycles. The first-order valence-corrected chi connectivity index (χ1v) is 10.9. The van der Waals surface area contributed by atoms with E-state index in [-0.39, 0.29) is 12.0 Å². The minimum Gasteiger partial charge on any atom is -0.508 e. The summed E-state index contributed by atoms with van der Waals surface area (Å²) in [6.07, 6.45) is 10.3. The lowest BCUT2D eigenvalue weighted by Crippen LogP contribution is -2.48. The number of phenolic OH excluding ortho intramolecular Hbond substituents is 1. The van der Waals surface area contributed by atoms with Crippen LogP contribution in [0.3, 0.4) is 0 Å². The Bertz CT molecular complexity index is 984. The molecule has 0 radical (unpaired) electrons. The highest BCUT2D eigenvalue weighted by Crippen LogP contribution is 2.62. The minimum atomic E-state index is -0.997. The maximum atomic E-state index is 10.8. The van der Waals surface area contributed by atoms with E-state index in [1.165, 1.54) is 44.6 Å². The molecule has 4 saturated carbocycles. The Labute approximate surface area is 176 Å². The van der Waals surface area contributed by atoms with Crippen molar-refractivity contribution in [2.75, 3.05) is 0 Å². The Morgan fingerprint density at radius 3 is 2.27 bits per heavy atom. The average molecular weight is 405 g/mol. The molecule has 4 heteroatoms. The topological polar surface area (TPSA) is 77.8 Å². The molecule has 0 atom stereocenters. The lowest BCUT2D eigenvalue weighted by atomic mass is 9.48. The first-order chi connectivity index (χ1) is 14.5. The molecule has 4 nitrogen and oxygen atoms in total. The number of aromatic hydroxyl groups is 1. The van der Waals surface area contributed by atoms with Gasteiger partial charge in [0.15, 0.2) is 0 Å². The lowest BCUT2D eigenvalue weighted by molar-refractivity contribution is -0.131. The van der Waals surface area contributed by atoms with Crippen LogP contribution in [-0.4, -0.2) is 21.3 Å². The van der Waals surface area contributed by atoms with Crippen molar-refractivity contribution in [1.82, 2.24) is 0 Å². The number of benzene rings is 2. The molecule has 156 valence electrons. The van der Waals surface area contributed by atoms with Crippen molar-refractivity contribution >= 4 is 12.0 Å². The number of carbonyl (C=O) groups is 1. The van der Waals surface area contributed by atoms with Crippen molar-refractivity contribution in [2.24, 2.45) is 17.8 Å². The predicted octanol–water partition coefficient (Wildman–Crippen LogP) is 5.12. The Balaban J connectivity index is 1.53. The number of rotatable bonds is 5. The van der Waals surface area contributed by atoms with Crippen molar-refractivity contribution in [2.45, 2.75) is 50.5 Å². The molecular weight excluding hydrogens is 376 g/mol. The van der Waals surface area contributed by atoms with Gasteiger partial charge in [-0.05, 0) is 108 Å². The van der Waals surface area contributed by atoms with Crippen LogP contribution in [0.4, 0.5) is 0 Å². The highest BCUT2D eigenvalue weighted by Gasteiger charge is 2.52. The molecule has 0 aromatic heterocycles. The molecule has 0 spiro atoms. The van der Waals surface area contributed by atoms with Gasteiger partial charge in [-0.25, -0.2) is 4.79 Å². The molecule has 0 unspecified atom stereocenters. The smallest absolute Gasteiger partial charge is 0.328 e. The van der Waals surface area contributed by atoms with Crippen LogP contribution in [0, 0.1) is 17.8 Å². The largest absolute Gasteiger partial charge is 0.508 e. The second-order valence-corrected chi connectivity index (χ2v) is 9.68. The van der Waals surface area contributed by atoms with Gasteiger partial charge in [-0.1, -0.05) is 18.2 Å². The molecule has 4 aliphatic rings. The van der Waals surface area contributed by atoms with E-state index in [4.69, 9.17) is 5.11 Å². The van der Waals surface area contributed by atoms with Gasteiger partial charge >= 0.3 is 5.97 Å². The summed E-state index contributed by atoms with van der Waals surface area (Å²) in [6.45, 7) is -0.127. The molecule has 3 N–H and O–H groups in total. The van der Waals surface area contributed by atoms with Crippen molar-refractivity contribution < 1.29 is 20.1 Å². The normalized spacial score (nSPS) is 29.6. The van der Waals surface area contributed by atoms with Crippen molar-refractivity contribution in [3.8, 4) is 16.9 Å². The van der Waals surface area contributed by atoms with Crippen LogP contribution in [-0.2, 0) is 16.8 Å². The van der Waals surface area contributed by atoms with Gasteiger partial charge in [0.1, 0.15) is 5.75 Å². The third kappa shape index (κ3) is 3.33. The van der Waals surface area contributed by atoms with Gasteiger partial charge < -0.3 is 15.3 Å². The zero-order valence-corrected chi connectivity index (χ0v) is 17.1. The summed E-state index contributed by atoms with van der Waals surface area (Å²) in [4.78, 5) is 10.8. The molecule has 2 aromatic carbocycles. The van der Waals surface area contributed by atoms with E-state index in [1.54, 1.807) is 0 Å². The number of aliphatic hydroxyl groups excluding tert-OH is 1. The number of aliphatic hydroxyl groups is 1. The molecule has 2 aromatic rings. The average Bonchev–Trinajstić information content (AvgIpc) is 2.71. The number of hydrogen-bond donors (Lipinski definition) is 3. The van der Waals surface area contributed by atoms with E-state index >= 15 is 0 Å². The zero-order valence-electron chi connectivity index (χ0n) is 17.1. The third-order valence-electron chi connectivity index (χ3n) is 7.64. The summed E-state index contributed by atoms with van der Waals surface area (Å²) in [5.74, 6) is 1.79. The van der Waals surface area contributed by atoms with E-state index in [2.05, 4.69) is 6.07 Å². The first-order valence-electron chi connectivity index (χ1n) is 10.9. The van der Waals surface area contributed by atoms with Gasteiger partial charge in [0.05, 0.1) is 6.61 Å². The predicted molar refractivity (Wildman–Crippen MR) is 116 cm³/mol. The van der Waals surface area contributed by atoms with E-state index in [0.717, 1.165) is 51.6 Å². The van der Waals surface area contributed by atoms with Crippen LogP contribution >= 0.6 is 0 Å². The van der Waals surface area contributed by atoms with Gasteiger partial charge in [-0.15, -0.1) is 0 Å². The maximum Gasteiger partial charge on any atom is 0.328 e. The third-order valence-corrected chi connectivity index (χ3v) is 7.64.